The smallest absolute Gasteiger partial charge is 0.407 e. The number of amides is 1. The second kappa shape index (κ2) is 9.42. The van der Waals surface area contributed by atoms with Crippen LogP contribution in [-0.2, 0) is 11.3 Å². The van der Waals surface area contributed by atoms with Crippen molar-refractivity contribution in [3.8, 4) is 5.75 Å². The van der Waals surface area contributed by atoms with E-state index >= 15 is 0 Å². The number of methoxy groups -OCH3 is 1. The third kappa shape index (κ3) is 8.10. The Balaban J connectivity index is 2.55. The third-order valence-corrected chi connectivity index (χ3v) is 3.08. The molecule has 1 aromatic carbocycles. The highest BCUT2D eigenvalue weighted by Crippen LogP contribution is 2.16. The van der Waals surface area contributed by atoms with Gasteiger partial charge in [0.2, 0.25) is 6.43 Å². The molecule has 0 aromatic heterocycles. The predicted molar refractivity (Wildman–Crippen MR) is 88.5 cm³/mol. The van der Waals surface area contributed by atoms with Crippen LogP contribution in [0.2, 0.25) is 0 Å². The van der Waals surface area contributed by atoms with Crippen molar-refractivity contribution in [2.45, 2.75) is 51.8 Å². The second-order valence-electron chi connectivity index (χ2n) is 6.41. The van der Waals surface area contributed by atoms with Gasteiger partial charge in [0, 0.05) is 25.1 Å². The lowest BCUT2D eigenvalue weighted by molar-refractivity contribution is 0.0472. The first kappa shape index (κ1) is 20.2. The lowest BCUT2D eigenvalue weighted by Gasteiger charge is -2.24. The largest absolute Gasteiger partial charge is 0.496 e. The molecule has 0 heterocycles. The van der Waals surface area contributed by atoms with E-state index < -0.39 is 30.6 Å². The molecule has 1 atom stereocenters. The fourth-order valence-corrected chi connectivity index (χ4v) is 2.11. The number of para-hydroxylation sites is 1. The lowest BCUT2D eigenvalue weighted by Crippen LogP contribution is -2.45. The van der Waals surface area contributed by atoms with Crippen molar-refractivity contribution in [2.75, 3.05) is 13.7 Å². The van der Waals surface area contributed by atoms with Gasteiger partial charge in [0.25, 0.3) is 0 Å². The lowest BCUT2D eigenvalue weighted by atomic mass is 10.1. The first-order valence-corrected chi connectivity index (χ1v) is 7.81. The fraction of sp³-hybridized carbons (Fsp3) is 0.588. The molecule has 0 fully saturated rings. The zero-order valence-electron chi connectivity index (χ0n) is 14.6. The van der Waals surface area contributed by atoms with Gasteiger partial charge in [-0.3, -0.25) is 0 Å². The molecule has 0 aliphatic carbocycles. The fourth-order valence-electron chi connectivity index (χ4n) is 2.11. The molecule has 1 aromatic rings. The highest BCUT2D eigenvalue weighted by atomic mass is 19.3. The average molecular weight is 344 g/mol. The summed E-state index contributed by atoms with van der Waals surface area (Å²) >= 11 is 0. The Bertz CT molecular complexity index is 519. The van der Waals surface area contributed by atoms with E-state index in [9.17, 15) is 13.6 Å². The SMILES string of the molecule is COc1ccccc1CNC[C@@H](CC(F)F)NC(=O)OC(C)(C)C. The minimum absolute atomic E-state index is 0.196. The monoisotopic (exact) mass is 344 g/mol. The van der Waals surface area contributed by atoms with E-state index in [-0.39, 0.29) is 6.54 Å². The van der Waals surface area contributed by atoms with Crippen LogP contribution in [0.3, 0.4) is 0 Å². The summed E-state index contributed by atoms with van der Waals surface area (Å²) in [7, 11) is 1.57. The quantitative estimate of drug-likeness (QED) is 0.759. The van der Waals surface area contributed by atoms with Gasteiger partial charge >= 0.3 is 6.09 Å². The molecule has 0 aliphatic rings. The molecule has 0 spiro atoms. The maximum atomic E-state index is 12.7. The molecule has 0 unspecified atom stereocenters. The van der Waals surface area contributed by atoms with Gasteiger partial charge in [0.05, 0.1) is 13.2 Å². The number of hydrogen-bond donors (Lipinski definition) is 2. The molecule has 0 bridgehead atoms. The van der Waals surface area contributed by atoms with Gasteiger partial charge in [0.1, 0.15) is 11.4 Å². The molecule has 1 amide bonds. The van der Waals surface area contributed by atoms with Crippen LogP contribution in [-0.4, -0.2) is 37.8 Å². The summed E-state index contributed by atoms with van der Waals surface area (Å²) in [6.07, 6.45) is -3.66. The number of hydrogen-bond acceptors (Lipinski definition) is 4. The highest BCUT2D eigenvalue weighted by molar-refractivity contribution is 5.68. The number of carbonyl (C=O) groups is 1. The van der Waals surface area contributed by atoms with Crippen molar-refractivity contribution in [1.29, 1.82) is 0 Å². The van der Waals surface area contributed by atoms with Gasteiger partial charge < -0.3 is 20.1 Å². The first-order chi connectivity index (χ1) is 11.2. The third-order valence-electron chi connectivity index (χ3n) is 3.08. The van der Waals surface area contributed by atoms with Gasteiger partial charge in [-0.15, -0.1) is 0 Å². The molecule has 0 saturated carbocycles. The molecule has 0 radical (unpaired) electrons. The van der Waals surface area contributed by atoms with E-state index in [1.165, 1.54) is 0 Å². The van der Waals surface area contributed by atoms with E-state index in [1.807, 2.05) is 24.3 Å². The Morgan fingerprint density at radius 2 is 1.92 bits per heavy atom. The Hall–Kier alpha value is -1.89. The van der Waals surface area contributed by atoms with E-state index in [4.69, 9.17) is 9.47 Å². The molecule has 0 aliphatic heterocycles. The van der Waals surface area contributed by atoms with Gasteiger partial charge in [-0.2, -0.15) is 0 Å². The van der Waals surface area contributed by atoms with Crippen molar-refractivity contribution >= 4 is 6.09 Å². The van der Waals surface area contributed by atoms with Crippen molar-refractivity contribution in [3.63, 3.8) is 0 Å². The van der Waals surface area contributed by atoms with Crippen molar-refractivity contribution in [1.82, 2.24) is 10.6 Å². The van der Waals surface area contributed by atoms with Crippen LogP contribution >= 0.6 is 0 Å². The summed E-state index contributed by atoms with van der Waals surface area (Å²) in [5, 5.41) is 5.55. The van der Waals surface area contributed by atoms with Crippen LogP contribution in [0.25, 0.3) is 0 Å². The molecular weight excluding hydrogens is 318 g/mol. The number of alkyl halides is 2. The maximum Gasteiger partial charge on any atom is 0.407 e. The average Bonchev–Trinajstić information content (AvgIpc) is 2.44. The summed E-state index contributed by atoms with van der Waals surface area (Å²) in [5.41, 5.74) is 0.234. The molecule has 2 N–H and O–H groups in total. The number of nitrogens with one attached hydrogen (secondary N) is 2. The first-order valence-electron chi connectivity index (χ1n) is 7.81. The molecule has 7 heteroatoms. The molecule has 0 saturated heterocycles. The van der Waals surface area contributed by atoms with E-state index in [2.05, 4.69) is 10.6 Å². The number of carbonyl (C=O) groups excluding carboxylic acids is 1. The van der Waals surface area contributed by atoms with Gasteiger partial charge in [0.15, 0.2) is 0 Å². The van der Waals surface area contributed by atoms with E-state index in [0.29, 0.717) is 6.54 Å². The second-order valence-corrected chi connectivity index (χ2v) is 6.41. The number of halogens is 2. The van der Waals surface area contributed by atoms with E-state index in [0.717, 1.165) is 11.3 Å². The Morgan fingerprint density at radius 3 is 2.50 bits per heavy atom. The molecule has 5 nitrogen and oxygen atoms in total. The number of rotatable bonds is 8. The molecule has 1 rings (SSSR count). The van der Waals surface area contributed by atoms with E-state index in [1.54, 1.807) is 27.9 Å². The highest BCUT2D eigenvalue weighted by Gasteiger charge is 2.21. The number of ether oxygens (including phenoxy) is 2. The van der Waals surface area contributed by atoms with Gasteiger partial charge in [-0.1, -0.05) is 18.2 Å². The van der Waals surface area contributed by atoms with Crippen LogP contribution < -0.4 is 15.4 Å². The number of alkyl carbamates (subject to hydrolysis) is 1. The summed E-state index contributed by atoms with van der Waals surface area (Å²) < 4.78 is 35.7. The predicted octanol–water partition coefficient (Wildman–Crippen LogP) is 3.33. The van der Waals surface area contributed by atoms with Crippen LogP contribution in [0.4, 0.5) is 13.6 Å². The van der Waals surface area contributed by atoms with Crippen molar-refractivity contribution in [2.24, 2.45) is 0 Å². The van der Waals surface area contributed by atoms with Crippen LogP contribution in [0.5, 0.6) is 5.75 Å². The minimum Gasteiger partial charge on any atom is -0.496 e. The zero-order chi connectivity index (χ0) is 18.2. The standard InChI is InChI=1S/C17H26F2N2O3/c1-17(2,3)24-16(22)21-13(9-15(18)19)11-20-10-12-7-5-6-8-14(12)23-4/h5-8,13,15,20H,9-11H2,1-4H3,(H,21,22)/t13-/m1/s1. The Labute approximate surface area is 141 Å². The summed E-state index contributed by atoms with van der Waals surface area (Å²) in [5.74, 6) is 0.718. The van der Waals surface area contributed by atoms with Gasteiger partial charge in [-0.25, -0.2) is 13.6 Å². The minimum atomic E-state index is -2.52. The van der Waals surface area contributed by atoms with Gasteiger partial charge in [-0.05, 0) is 26.8 Å². The molecule has 136 valence electrons. The number of benzene rings is 1. The van der Waals surface area contributed by atoms with Crippen LogP contribution in [0, 0.1) is 0 Å². The van der Waals surface area contributed by atoms with Crippen molar-refractivity contribution in [3.05, 3.63) is 29.8 Å². The Morgan fingerprint density at radius 1 is 1.25 bits per heavy atom. The topological polar surface area (TPSA) is 59.6 Å². The summed E-state index contributed by atoms with van der Waals surface area (Å²) in [6, 6.07) is 6.71. The summed E-state index contributed by atoms with van der Waals surface area (Å²) in [4.78, 5) is 11.8. The molecular formula is C17H26F2N2O3. The maximum absolute atomic E-state index is 12.7. The van der Waals surface area contributed by atoms with Crippen LogP contribution in [0.15, 0.2) is 24.3 Å². The van der Waals surface area contributed by atoms with Crippen LogP contribution in [0.1, 0.15) is 32.8 Å². The molecule has 24 heavy (non-hydrogen) atoms. The summed E-state index contributed by atoms with van der Waals surface area (Å²) in [6.45, 7) is 5.79. The Kier molecular flexibility index (Phi) is 7.91. The van der Waals surface area contributed by atoms with Crippen molar-refractivity contribution < 1.29 is 23.0 Å². The normalized spacial score (nSPS) is 12.8. The zero-order valence-corrected chi connectivity index (χ0v) is 14.6.